The summed E-state index contributed by atoms with van der Waals surface area (Å²) >= 11 is 12.0. The second-order valence-corrected chi connectivity index (χ2v) is 8.85. The highest BCUT2D eigenvalue weighted by molar-refractivity contribution is 6.36. The Labute approximate surface area is 192 Å². The number of pyridine rings is 1. The highest BCUT2D eigenvalue weighted by Gasteiger charge is 2.26. The van der Waals surface area contributed by atoms with E-state index >= 15 is 0 Å². The minimum Gasteiger partial charge on any atom is -0.354 e. The van der Waals surface area contributed by atoms with Gasteiger partial charge in [0.1, 0.15) is 11.9 Å². The Morgan fingerprint density at radius 1 is 1.06 bits per heavy atom. The van der Waals surface area contributed by atoms with Crippen molar-refractivity contribution in [1.29, 1.82) is 0 Å². The van der Waals surface area contributed by atoms with Crippen LogP contribution in [0.15, 0.2) is 36.5 Å². The SMILES string of the molecule is CC(C)C(NC(=O)c1ccc(Cl)cc1Cl)C(=O)Nc1ccc(N2CCN(C)CC2)nc1. The van der Waals surface area contributed by atoms with Crippen molar-refractivity contribution in [3.05, 3.63) is 52.1 Å². The molecule has 2 heterocycles. The number of likely N-dealkylation sites (N-methyl/N-ethyl adjacent to an activating group) is 1. The highest BCUT2D eigenvalue weighted by Crippen LogP contribution is 2.22. The maximum atomic E-state index is 12.9. The van der Waals surface area contributed by atoms with Crippen LogP contribution < -0.4 is 15.5 Å². The van der Waals surface area contributed by atoms with Gasteiger partial charge < -0.3 is 20.4 Å². The smallest absolute Gasteiger partial charge is 0.253 e. The number of halogens is 2. The fraction of sp³-hybridized carbons (Fsp3) is 0.409. The largest absolute Gasteiger partial charge is 0.354 e. The second kappa shape index (κ2) is 10.3. The molecule has 9 heteroatoms. The molecule has 1 aliphatic rings. The fourth-order valence-electron chi connectivity index (χ4n) is 3.33. The average Bonchev–Trinajstić information content (AvgIpc) is 2.72. The van der Waals surface area contributed by atoms with Gasteiger partial charge in [-0.05, 0) is 43.3 Å². The van der Waals surface area contributed by atoms with Crippen LogP contribution in [0, 0.1) is 5.92 Å². The van der Waals surface area contributed by atoms with Crippen molar-refractivity contribution < 1.29 is 9.59 Å². The molecule has 0 saturated carbocycles. The molecule has 31 heavy (non-hydrogen) atoms. The Hall–Kier alpha value is -2.35. The number of rotatable bonds is 6. The summed E-state index contributed by atoms with van der Waals surface area (Å²) in [5, 5.41) is 6.28. The molecule has 0 radical (unpaired) electrons. The third-order valence-electron chi connectivity index (χ3n) is 5.25. The Kier molecular flexibility index (Phi) is 7.75. The fourth-order valence-corrected chi connectivity index (χ4v) is 3.82. The van der Waals surface area contributed by atoms with Gasteiger partial charge in [-0.3, -0.25) is 9.59 Å². The van der Waals surface area contributed by atoms with E-state index < -0.39 is 11.9 Å². The number of nitrogens with zero attached hydrogens (tertiary/aromatic N) is 3. The average molecular weight is 464 g/mol. The number of hydrogen-bond donors (Lipinski definition) is 2. The summed E-state index contributed by atoms with van der Waals surface area (Å²) in [6.45, 7) is 7.56. The van der Waals surface area contributed by atoms with Crippen LogP contribution in [0.25, 0.3) is 0 Å². The van der Waals surface area contributed by atoms with Gasteiger partial charge in [0.05, 0.1) is 22.5 Å². The van der Waals surface area contributed by atoms with Gasteiger partial charge in [-0.2, -0.15) is 0 Å². The Bertz CT molecular complexity index is 928. The van der Waals surface area contributed by atoms with Crippen LogP contribution in [0.5, 0.6) is 0 Å². The molecule has 2 amide bonds. The molecular formula is C22H27Cl2N5O2. The van der Waals surface area contributed by atoms with Crippen LogP contribution in [-0.2, 0) is 4.79 Å². The van der Waals surface area contributed by atoms with Gasteiger partial charge in [-0.25, -0.2) is 4.98 Å². The molecule has 0 bridgehead atoms. The molecule has 1 aromatic heterocycles. The van der Waals surface area contributed by atoms with Gasteiger partial charge in [0.15, 0.2) is 0 Å². The lowest BCUT2D eigenvalue weighted by Gasteiger charge is -2.33. The van der Waals surface area contributed by atoms with Gasteiger partial charge in [0.2, 0.25) is 5.91 Å². The van der Waals surface area contributed by atoms with Crippen LogP contribution in [0.3, 0.4) is 0 Å². The maximum Gasteiger partial charge on any atom is 0.253 e. The first kappa shape index (κ1) is 23.3. The molecule has 3 rings (SSSR count). The number of carbonyl (C=O) groups is 2. The van der Waals surface area contributed by atoms with Crippen molar-refractivity contribution in [3.63, 3.8) is 0 Å². The summed E-state index contributed by atoms with van der Waals surface area (Å²) in [6, 6.07) is 7.61. The first-order chi connectivity index (χ1) is 14.7. The lowest BCUT2D eigenvalue weighted by molar-refractivity contribution is -0.118. The van der Waals surface area contributed by atoms with E-state index in [1.165, 1.54) is 12.1 Å². The third-order valence-corrected chi connectivity index (χ3v) is 5.80. The summed E-state index contributed by atoms with van der Waals surface area (Å²) in [7, 11) is 2.11. The minimum absolute atomic E-state index is 0.132. The predicted molar refractivity (Wildman–Crippen MR) is 125 cm³/mol. The number of amides is 2. The minimum atomic E-state index is -0.739. The van der Waals surface area contributed by atoms with E-state index in [9.17, 15) is 9.59 Å². The first-order valence-electron chi connectivity index (χ1n) is 10.2. The van der Waals surface area contributed by atoms with E-state index in [-0.39, 0.29) is 22.4 Å². The molecular weight excluding hydrogens is 437 g/mol. The summed E-state index contributed by atoms with van der Waals surface area (Å²) in [5.74, 6) is 0.00595. The van der Waals surface area contributed by atoms with Gasteiger partial charge in [0, 0.05) is 31.2 Å². The van der Waals surface area contributed by atoms with Crippen LogP contribution in [0.2, 0.25) is 10.0 Å². The molecule has 0 spiro atoms. The van der Waals surface area contributed by atoms with Crippen LogP contribution in [-0.4, -0.2) is 61.0 Å². The van der Waals surface area contributed by atoms with E-state index in [4.69, 9.17) is 23.2 Å². The molecule has 1 aromatic carbocycles. The number of piperazine rings is 1. The summed E-state index contributed by atoms with van der Waals surface area (Å²) in [6.07, 6.45) is 1.64. The van der Waals surface area contributed by atoms with E-state index in [0.29, 0.717) is 10.7 Å². The lowest BCUT2D eigenvalue weighted by atomic mass is 10.0. The topological polar surface area (TPSA) is 77.6 Å². The standard InChI is InChI=1S/C22H27Cl2N5O2/c1-14(2)20(27-21(30)17-6-4-15(23)12-18(17)24)22(31)26-16-5-7-19(25-13-16)29-10-8-28(3)9-11-29/h4-7,12-14,20H,8-11H2,1-3H3,(H,26,31)(H,27,30). The van der Waals surface area contributed by atoms with Gasteiger partial charge in [-0.15, -0.1) is 0 Å². The molecule has 1 fully saturated rings. The number of carbonyl (C=O) groups excluding carboxylic acids is 2. The van der Waals surface area contributed by atoms with Crippen LogP contribution >= 0.6 is 23.2 Å². The van der Waals surface area contributed by atoms with Crippen molar-refractivity contribution >= 4 is 46.5 Å². The van der Waals surface area contributed by atoms with Crippen LogP contribution in [0.4, 0.5) is 11.5 Å². The molecule has 166 valence electrons. The molecule has 7 nitrogen and oxygen atoms in total. The van der Waals surface area contributed by atoms with Crippen molar-refractivity contribution in [2.24, 2.45) is 5.92 Å². The first-order valence-corrected chi connectivity index (χ1v) is 11.0. The quantitative estimate of drug-likeness (QED) is 0.684. The zero-order chi connectivity index (χ0) is 22.5. The van der Waals surface area contributed by atoms with Crippen molar-refractivity contribution in [3.8, 4) is 0 Å². The third kappa shape index (κ3) is 6.09. The number of anilines is 2. The Morgan fingerprint density at radius 3 is 2.35 bits per heavy atom. The van der Waals surface area contributed by atoms with Gasteiger partial charge >= 0.3 is 0 Å². The maximum absolute atomic E-state index is 12.9. The molecule has 0 aliphatic carbocycles. The molecule has 1 aliphatic heterocycles. The van der Waals surface area contributed by atoms with Crippen molar-refractivity contribution in [2.75, 3.05) is 43.4 Å². The second-order valence-electron chi connectivity index (χ2n) is 8.00. The monoisotopic (exact) mass is 463 g/mol. The van der Waals surface area contributed by atoms with Crippen molar-refractivity contribution in [2.45, 2.75) is 19.9 Å². The molecule has 1 saturated heterocycles. The normalized spacial score (nSPS) is 15.6. The van der Waals surface area contributed by atoms with Gasteiger partial charge in [-0.1, -0.05) is 37.0 Å². The summed E-state index contributed by atoms with van der Waals surface area (Å²) in [4.78, 5) is 34.5. The van der Waals surface area contributed by atoms with E-state index in [2.05, 4.69) is 32.5 Å². The zero-order valence-corrected chi connectivity index (χ0v) is 19.4. The predicted octanol–water partition coefficient (Wildman–Crippen LogP) is 3.53. The Morgan fingerprint density at radius 2 is 1.77 bits per heavy atom. The molecule has 2 N–H and O–H groups in total. The summed E-state index contributed by atoms with van der Waals surface area (Å²) in [5.41, 5.74) is 0.843. The van der Waals surface area contributed by atoms with E-state index in [1.54, 1.807) is 12.3 Å². The zero-order valence-electron chi connectivity index (χ0n) is 17.9. The molecule has 1 unspecified atom stereocenters. The molecule has 1 atom stereocenters. The number of hydrogen-bond acceptors (Lipinski definition) is 5. The number of nitrogens with one attached hydrogen (secondary N) is 2. The Balaban J connectivity index is 1.64. The van der Waals surface area contributed by atoms with Gasteiger partial charge in [0.25, 0.3) is 5.91 Å². The lowest BCUT2D eigenvalue weighted by Crippen LogP contribution is -2.47. The van der Waals surface area contributed by atoms with Crippen molar-refractivity contribution in [1.82, 2.24) is 15.2 Å². The molecule has 2 aromatic rings. The number of aromatic nitrogens is 1. The number of benzene rings is 1. The highest BCUT2D eigenvalue weighted by atomic mass is 35.5. The van der Waals surface area contributed by atoms with Crippen LogP contribution in [0.1, 0.15) is 24.2 Å². The van der Waals surface area contributed by atoms with E-state index in [0.717, 1.165) is 32.0 Å². The van der Waals surface area contributed by atoms with E-state index in [1.807, 2.05) is 26.0 Å². The summed E-state index contributed by atoms with van der Waals surface area (Å²) < 4.78 is 0.